The summed E-state index contributed by atoms with van der Waals surface area (Å²) in [6.45, 7) is 1.66. The lowest BCUT2D eigenvalue weighted by atomic mass is 10.3. The van der Waals surface area contributed by atoms with Crippen molar-refractivity contribution >= 4 is 27.0 Å². The Kier molecular flexibility index (Phi) is 4.35. The van der Waals surface area contributed by atoms with Crippen LogP contribution in [-0.4, -0.2) is 13.3 Å². The molecule has 0 aliphatic carbocycles. The number of sulfonamides is 1. The number of halogens is 1. The summed E-state index contributed by atoms with van der Waals surface area (Å²) < 4.78 is 40.2. The molecule has 0 saturated carbocycles. The van der Waals surface area contributed by atoms with Gasteiger partial charge in [0.25, 0.3) is 0 Å². The fourth-order valence-electron chi connectivity index (χ4n) is 1.70. The summed E-state index contributed by atoms with van der Waals surface area (Å²) >= 11 is 1.39. The van der Waals surface area contributed by atoms with Crippen LogP contribution in [-0.2, 0) is 10.0 Å². The van der Waals surface area contributed by atoms with Crippen molar-refractivity contribution in [3.05, 3.63) is 56.5 Å². The molecule has 0 aliphatic rings. The molecule has 1 unspecified atom stereocenters. The summed E-state index contributed by atoms with van der Waals surface area (Å²) in [7, 11) is -3.96. The van der Waals surface area contributed by atoms with Crippen LogP contribution in [0.15, 0.2) is 40.6 Å². The molecular weight excluding hydrogens is 319 g/mol. The largest absolute Gasteiger partial charge is 0.304 e. The molecule has 0 spiro atoms. The van der Waals surface area contributed by atoms with Gasteiger partial charge in [0.2, 0.25) is 15.8 Å². The summed E-state index contributed by atoms with van der Waals surface area (Å²) in [5, 5.41) is 12.3. The van der Waals surface area contributed by atoms with Gasteiger partial charge in [0, 0.05) is 17.0 Å². The Morgan fingerprint density at radius 2 is 2.10 bits per heavy atom. The minimum Gasteiger partial charge on any atom is -0.258 e. The van der Waals surface area contributed by atoms with E-state index >= 15 is 0 Å². The van der Waals surface area contributed by atoms with Crippen LogP contribution >= 0.6 is 11.3 Å². The Morgan fingerprint density at radius 3 is 2.62 bits per heavy atom. The predicted molar refractivity (Wildman–Crippen MR) is 76.1 cm³/mol. The van der Waals surface area contributed by atoms with Gasteiger partial charge in [0.15, 0.2) is 0 Å². The minimum absolute atomic E-state index is 0.353. The van der Waals surface area contributed by atoms with Gasteiger partial charge < -0.3 is 0 Å². The fraction of sp³-hybridized carbons (Fsp3) is 0.167. The first kappa shape index (κ1) is 15.5. The van der Waals surface area contributed by atoms with Gasteiger partial charge >= 0.3 is 5.69 Å². The molecule has 2 aromatic rings. The van der Waals surface area contributed by atoms with E-state index in [4.69, 9.17) is 0 Å². The van der Waals surface area contributed by atoms with E-state index < -0.39 is 32.5 Å². The zero-order valence-electron chi connectivity index (χ0n) is 10.8. The van der Waals surface area contributed by atoms with Crippen LogP contribution in [0.25, 0.3) is 0 Å². The van der Waals surface area contributed by atoms with Crippen LogP contribution in [0, 0.1) is 15.9 Å². The SMILES string of the molecule is CC(NS(=O)(=O)c1ccc([N+](=O)[O-])c(F)c1)c1cccs1. The number of nitrogens with zero attached hydrogens (tertiary/aromatic N) is 1. The van der Waals surface area contributed by atoms with E-state index in [1.807, 2.05) is 5.38 Å². The van der Waals surface area contributed by atoms with E-state index in [-0.39, 0.29) is 4.90 Å². The Balaban J connectivity index is 2.28. The Hall–Kier alpha value is -1.84. The standard InChI is InChI=1S/C12H11FN2O4S2/c1-8(12-3-2-6-20-12)14-21(18,19)9-4-5-11(15(16)17)10(13)7-9/h2-8,14H,1H3. The van der Waals surface area contributed by atoms with Gasteiger partial charge in [-0.15, -0.1) is 11.3 Å². The summed E-state index contributed by atoms with van der Waals surface area (Å²) in [4.78, 5) is 10.1. The van der Waals surface area contributed by atoms with Crippen LogP contribution in [0.2, 0.25) is 0 Å². The number of nitrogens with one attached hydrogen (secondary N) is 1. The molecule has 112 valence electrons. The third-order valence-corrected chi connectivity index (χ3v) is 5.32. The summed E-state index contributed by atoms with van der Waals surface area (Å²) in [6.07, 6.45) is 0. The highest BCUT2D eigenvalue weighted by Crippen LogP contribution is 2.24. The Morgan fingerprint density at radius 1 is 1.38 bits per heavy atom. The lowest BCUT2D eigenvalue weighted by Crippen LogP contribution is -2.26. The predicted octanol–water partition coefficient (Wildman–Crippen LogP) is 2.83. The van der Waals surface area contributed by atoms with Gasteiger partial charge in [-0.05, 0) is 24.4 Å². The van der Waals surface area contributed by atoms with Crippen molar-refractivity contribution in [2.24, 2.45) is 0 Å². The molecule has 0 saturated heterocycles. The van der Waals surface area contributed by atoms with Gasteiger partial charge in [-0.25, -0.2) is 13.1 Å². The van der Waals surface area contributed by atoms with Crippen molar-refractivity contribution in [2.75, 3.05) is 0 Å². The first-order chi connectivity index (χ1) is 9.81. The van der Waals surface area contributed by atoms with Gasteiger partial charge in [0.05, 0.1) is 15.9 Å². The van der Waals surface area contributed by atoms with Crippen molar-refractivity contribution in [3.63, 3.8) is 0 Å². The number of benzene rings is 1. The van der Waals surface area contributed by atoms with E-state index in [1.54, 1.807) is 19.1 Å². The normalized spacial score (nSPS) is 13.0. The Bertz CT molecular complexity index is 760. The second-order valence-corrected chi connectivity index (χ2v) is 6.92. The zero-order valence-corrected chi connectivity index (χ0v) is 12.4. The molecule has 1 aromatic carbocycles. The van der Waals surface area contributed by atoms with Crippen LogP contribution in [0.5, 0.6) is 0 Å². The van der Waals surface area contributed by atoms with Crippen LogP contribution in [0.4, 0.5) is 10.1 Å². The van der Waals surface area contributed by atoms with Gasteiger partial charge in [-0.3, -0.25) is 10.1 Å². The second-order valence-electron chi connectivity index (χ2n) is 4.23. The molecule has 1 heterocycles. The lowest BCUT2D eigenvalue weighted by Gasteiger charge is -2.12. The van der Waals surface area contributed by atoms with E-state index in [9.17, 15) is 22.9 Å². The molecule has 1 N–H and O–H groups in total. The topological polar surface area (TPSA) is 89.3 Å². The summed E-state index contributed by atoms with van der Waals surface area (Å²) in [5.74, 6) is -1.19. The van der Waals surface area contributed by atoms with E-state index in [2.05, 4.69) is 4.72 Å². The highest BCUT2D eigenvalue weighted by atomic mass is 32.2. The van der Waals surface area contributed by atoms with Crippen LogP contribution in [0.3, 0.4) is 0 Å². The van der Waals surface area contributed by atoms with Crippen molar-refractivity contribution in [1.82, 2.24) is 4.72 Å². The van der Waals surface area contributed by atoms with Crippen molar-refractivity contribution in [2.45, 2.75) is 17.9 Å². The number of hydrogen-bond donors (Lipinski definition) is 1. The molecule has 9 heteroatoms. The highest BCUT2D eigenvalue weighted by molar-refractivity contribution is 7.89. The molecular formula is C12H11FN2O4S2. The smallest absolute Gasteiger partial charge is 0.258 e. The van der Waals surface area contributed by atoms with Crippen molar-refractivity contribution in [3.8, 4) is 0 Å². The van der Waals surface area contributed by atoms with E-state index in [1.165, 1.54) is 11.3 Å². The van der Waals surface area contributed by atoms with Crippen molar-refractivity contribution in [1.29, 1.82) is 0 Å². The maximum absolute atomic E-state index is 13.5. The molecule has 0 fully saturated rings. The van der Waals surface area contributed by atoms with Crippen molar-refractivity contribution < 1.29 is 17.7 Å². The third kappa shape index (κ3) is 3.43. The minimum atomic E-state index is -3.96. The number of nitro benzene ring substituents is 1. The third-order valence-electron chi connectivity index (χ3n) is 2.73. The number of rotatable bonds is 5. The first-order valence-corrected chi connectivity index (χ1v) is 8.17. The van der Waals surface area contributed by atoms with Crippen LogP contribution < -0.4 is 4.72 Å². The monoisotopic (exact) mass is 330 g/mol. The maximum atomic E-state index is 13.5. The van der Waals surface area contributed by atoms with E-state index in [0.717, 1.165) is 17.0 Å². The number of hydrogen-bond acceptors (Lipinski definition) is 5. The van der Waals surface area contributed by atoms with Gasteiger partial charge in [-0.2, -0.15) is 4.39 Å². The maximum Gasteiger partial charge on any atom is 0.304 e. The van der Waals surface area contributed by atoms with E-state index in [0.29, 0.717) is 6.07 Å². The molecule has 0 radical (unpaired) electrons. The molecule has 0 aliphatic heterocycles. The summed E-state index contributed by atoms with van der Waals surface area (Å²) in [5.41, 5.74) is -0.764. The number of nitro groups is 1. The number of thiophene rings is 1. The second kappa shape index (κ2) is 5.88. The fourth-order valence-corrected chi connectivity index (χ4v) is 3.74. The molecule has 1 atom stereocenters. The molecule has 0 bridgehead atoms. The zero-order chi connectivity index (χ0) is 15.6. The van der Waals surface area contributed by atoms with Crippen LogP contribution in [0.1, 0.15) is 17.8 Å². The van der Waals surface area contributed by atoms with Gasteiger partial charge in [-0.1, -0.05) is 6.07 Å². The average Bonchev–Trinajstić information content (AvgIpc) is 2.91. The molecule has 6 nitrogen and oxygen atoms in total. The molecule has 0 amide bonds. The highest BCUT2D eigenvalue weighted by Gasteiger charge is 2.22. The quantitative estimate of drug-likeness (QED) is 0.674. The molecule has 1 aromatic heterocycles. The first-order valence-electron chi connectivity index (χ1n) is 5.81. The lowest BCUT2D eigenvalue weighted by molar-refractivity contribution is -0.387. The Labute approximate surface area is 124 Å². The summed E-state index contributed by atoms with van der Waals surface area (Å²) in [6, 6.07) is 5.56. The van der Waals surface area contributed by atoms with Gasteiger partial charge in [0.1, 0.15) is 0 Å². The molecule has 21 heavy (non-hydrogen) atoms. The average molecular weight is 330 g/mol. The molecule has 2 rings (SSSR count).